The van der Waals surface area contributed by atoms with Crippen molar-refractivity contribution in [3.8, 4) is 0 Å². The number of carbonyl (C=O) groups excluding carboxylic acids is 2. The Morgan fingerprint density at radius 1 is 0.722 bits per heavy atom. The van der Waals surface area contributed by atoms with Crippen molar-refractivity contribution in [2.75, 3.05) is 0 Å². The second kappa shape index (κ2) is 12.7. The van der Waals surface area contributed by atoms with E-state index in [0.717, 1.165) is 0 Å². The minimum atomic E-state index is -0.384. The molecule has 0 bridgehead atoms. The summed E-state index contributed by atoms with van der Waals surface area (Å²) in [7, 11) is 0. The Labute approximate surface area is 213 Å². The molecule has 0 fully saturated rings. The third kappa shape index (κ3) is 7.93. The predicted molar refractivity (Wildman–Crippen MR) is 134 cm³/mol. The minimum Gasteiger partial charge on any atom is -0.458 e. The van der Waals surface area contributed by atoms with Crippen LogP contribution >= 0.6 is 0 Å². The van der Waals surface area contributed by atoms with E-state index >= 15 is 0 Å². The van der Waals surface area contributed by atoms with E-state index in [1.54, 1.807) is 26.2 Å². The summed E-state index contributed by atoms with van der Waals surface area (Å²) in [6.07, 6.45) is 11.4. The van der Waals surface area contributed by atoms with Gasteiger partial charge in [0, 0.05) is 24.0 Å². The summed E-state index contributed by atoms with van der Waals surface area (Å²) in [6, 6.07) is 0. The fourth-order valence-corrected chi connectivity index (χ4v) is 4.86. The van der Waals surface area contributed by atoms with Crippen LogP contribution in [0.25, 0.3) is 0 Å². The van der Waals surface area contributed by atoms with Crippen LogP contribution in [0.3, 0.4) is 0 Å². The predicted octanol–water partition coefficient (Wildman–Crippen LogP) is 5.50. The Morgan fingerprint density at radius 2 is 1.11 bits per heavy atom. The van der Waals surface area contributed by atoms with E-state index in [0.29, 0.717) is 48.3 Å². The second-order valence-electron chi connectivity index (χ2n) is 10.3. The molecule has 0 aliphatic carbocycles. The van der Waals surface area contributed by atoms with E-state index in [1.165, 1.54) is 12.8 Å². The molecule has 0 amide bonds. The number of cyclic esters (lactones) is 2. The van der Waals surface area contributed by atoms with Crippen molar-refractivity contribution >= 4 is 11.9 Å². The number of nitrogens with zero attached hydrogens (tertiary/aromatic N) is 2. The molecule has 0 N–H and O–H groups in total. The monoisotopic (exact) mass is 498 g/mol. The molecule has 0 saturated heterocycles. The van der Waals surface area contributed by atoms with E-state index in [1.807, 2.05) is 39.8 Å². The third-order valence-electron chi connectivity index (χ3n) is 6.76. The quantitative estimate of drug-likeness (QED) is 0.509. The van der Waals surface area contributed by atoms with Crippen LogP contribution in [0.5, 0.6) is 0 Å². The van der Waals surface area contributed by atoms with Gasteiger partial charge in [0.05, 0.1) is 12.4 Å². The Bertz CT molecular complexity index is 956. The van der Waals surface area contributed by atoms with Crippen molar-refractivity contribution in [3.63, 3.8) is 0 Å². The zero-order valence-electron chi connectivity index (χ0n) is 22.1. The molecular weight excluding hydrogens is 460 g/mol. The summed E-state index contributed by atoms with van der Waals surface area (Å²) < 4.78 is 22.8. The first-order valence-corrected chi connectivity index (χ1v) is 12.7. The van der Waals surface area contributed by atoms with E-state index in [2.05, 4.69) is 9.97 Å². The van der Waals surface area contributed by atoms with Crippen molar-refractivity contribution in [2.45, 2.75) is 79.4 Å². The lowest BCUT2D eigenvalue weighted by atomic mass is 9.88. The smallest absolute Gasteiger partial charge is 0.333 e. The maximum Gasteiger partial charge on any atom is 0.333 e. The van der Waals surface area contributed by atoms with Crippen LogP contribution in [0.15, 0.2) is 57.3 Å². The number of oxazole rings is 2. The van der Waals surface area contributed by atoms with Gasteiger partial charge in [-0.05, 0) is 50.4 Å². The van der Waals surface area contributed by atoms with Crippen LogP contribution in [0.1, 0.15) is 65.9 Å². The first-order chi connectivity index (χ1) is 17.1. The Balaban J connectivity index is 1.87. The topological polar surface area (TPSA) is 105 Å². The number of esters is 2. The molecule has 0 saturated carbocycles. The number of hydrogen-bond acceptors (Lipinski definition) is 8. The highest BCUT2D eigenvalue weighted by atomic mass is 16.5. The highest BCUT2D eigenvalue weighted by Gasteiger charge is 2.28. The Kier molecular flexibility index (Phi) is 9.67. The van der Waals surface area contributed by atoms with Gasteiger partial charge >= 0.3 is 11.9 Å². The fraction of sp³-hybridized carbons (Fsp3) is 0.571. The van der Waals surface area contributed by atoms with E-state index in [9.17, 15) is 9.59 Å². The van der Waals surface area contributed by atoms with Gasteiger partial charge in [0.2, 0.25) is 0 Å². The molecule has 0 spiro atoms. The van der Waals surface area contributed by atoms with Crippen LogP contribution in [0, 0.1) is 23.7 Å². The van der Waals surface area contributed by atoms with Crippen LogP contribution < -0.4 is 0 Å². The van der Waals surface area contributed by atoms with Crippen LogP contribution in [0.2, 0.25) is 0 Å². The number of aromatic nitrogens is 2. The minimum absolute atomic E-state index is 0.0199. The highest BCUT2D eigenvalue weighted by Crippen LogP contribution is 2.27. The van der Waals surface area contributed by atoms with Crippen molar-refractivity contribution in [1.82, 2.24) is 9.97 Å². The molecule has 0 radical (unpaired) electrons. The fourth-order valence-electron chi connectivity index (χ4n) is 4.86. The molecule has 0 unspecified atom stereocenters. The molecule has 36 heavy (non-hydrogen) atoms. The second-order valence-corrected chi connectivity index (χ2v) is 10.3. The molecular formula is C28H38N2O6. The summed E-state index contributed by atoms with van der Waals surface area (Å²) in [5.41, 5.74) is 1.12. The van der Waals surface area contributed by atoms with Gasteiger partial charge < -0.3 is 18.3 Å². The van der Waals surface area contributed by atoms with Crippen molar-refractivity contribution < 1.29 is 27.9 Å². The molecule has 8 nitrogen and oxygen atoms in total. The Hall–Kier alpha value is -3.16. The zero-order chi connectivity index (χ0) is 26.2. The summed E-state index contributed by atoms with van der Waals surface area (Å²) in [4.78, 5) is 34.0. The largest absolute Gasteiger partial charge is 0.458 e. The first-order valence-electron chi connectivity index (χ1n) is 12.7. The van der Waals surface area contributed by atoms with Gasteiger partial charge in [-0.25, -0.2) is 19.6 Å². The van der Waals surface area contributed by atoms with Gasteiger partial charge in [-0.2, -0.15) is 0 Å². The molecule has 1 aliphatic rings. The molecule has 2 aromatic rings. The van der Waals surface area contributed by atoms with Crippen molar-refractivity contribution in [3.05, 3.63) is 60.0 Å². The van der Waals surface area contributed by atoms with E-state index in [-0.39, 0.29) is 47.8 Å². The highest BCUT2D eigenvalue weighted by molar-refractivity contribution is 5.88. The van der Waals surface area contributed by atoms with Gasteiger partial charge in [-0.15, -0.1) is 0 Å². The maximum atomic E-state index is 13.0. The van der Waals surface area contributed by atoms with E-state index < -0.39 is 0 Å². The Morgan fingerprint density at radius 3 is 1.44 bits per heavy atom. The number of rotatable bonds is 4. The normalized spacial score (nSPS) is 32.1. The lowest BCUT2D eigenvalue weighted by Crippen LogP contribution is -2.30. The number of carbonyl (C=O) groups is 2. The van der Waals surface area contributed by atoms with Crippen molar-refractivity contribution in [2.24, 2.45) is 23.7 Å². The molecule has 8 heteroatoms. The van der Waals surface area contributed by atoms with E-state index in [4.69, 9.17) is 18.3 Å². The molecule has 3 heterocycles. The zero-order valence-corrected chi connectivity index (χ0v) is 22.1. The van der Waals surface area contributed by atoms with Crippen LogP contribution in [-0.2, 0) is 31.9 Å². The van der Waals surface area contributed by atoms with Crippen LogP contribution in [0.4, 0.5) is 0 Å². The number of ether oxygens (including phenoxy) is 2. The first kappa shape index (κ1) is 27.4. The molecule has 2 aromatic heterocycles. The standard InChI is InChI=1S/C28H38N2O6/c1-17-7-19(3)25(11-23-13-29-15-33-23)35-28(32)22(6)10-18(2)8-20(4)26(12-24-14-30-16-34-24)36-27(31)21(5)9-17/h9-10,13-20,25-26H,7-8,11-12H2,1-6H3/b21-9+,22-10+/t17-,18-,19-,20-,25-,26-/m0/s1. The number of allylic oxidation sites excluding steroid dienone is 2. The van der Waals surface area contributed by atoms with Gasteiger partial charge in [0.15, 0.2) is 12.8 Å². The molecule has 3 rings (SSSR count). The average molecular weight is 499 g/mol. The molecule has 1 aliphatic heterocycles. The third-order valence-corrected chi connectivity index (χ3v) is 6.76. The van der Waals surface area contributed by atoms with Crippen molar-refractivity contribution in [1.29, 1.82) is 0 Å². The van der Waals surface area contributed by atoms with Gasteiger partial charge in [-0.3, -0.25) is 0 Å². The summed E-state index contributed by atoms with van der Waals surface area (Å²) in [5, 5.41) is 0. The average Bonchev–Trinajstić information content (AvgIpc) is 3.51. The van der Waals surface area contributed by atoms with Crippen LogP contribution in [-0.4, -0.2) is 34.1 Å². The summed E-state index contributed by atoms with van der Waals surface area (Å²) in [6.45, 7) is 11.8. The lowest BCUT2D eigenvalue weighted by Gasteiger charge is -2.27. The van der Waals surface area contributed by atoms with Gasteiger partial charge in [0.25, 0.3) is 0 Å². The molecule has 196 valence electrons. The maximum absolute atomic E-state index is 13.0. The van der Waals surface area contributed by atoms with Gasteiger partial charge in [0.1, 0.15) is 23.7 Å². The van der Waals surface area contributed by atoms with Gasteiger partial charge in [-0.1, -0.05) is 39.8 Å². The molecule has 6 atom stereocenters. The summed E-state index contributed by atoms with van der Waals surface area (Å²) >= 11 is 0. The summed E-state index contributed by atoms with van der Waals surface area (Å²) in [5.74, 6) is 0.843. The SMILES string of the molecule is C/C1=C\[C@@H](C)C[C@H](C)[C@H](Cc2cnco2)OC(=O)/C(C)=C/[C@@H](C)C[C@H](C)[C@H](Cc2cnco2)OC1=O. The molecule has 0 aromatic carbocycles. The lowest BCUT2D eigenvalue weighted by molar-refractivity contribution is -0.147. The number of hydrogen-bond donors (Lipinski definition) is 0.